The zero-order valence-electron chi connectivity index (χ0n) is 16.1. The number of hydrogen-bond donors (Lipinski definition) is 1. The van der Waals surface area contributed by atoms with E-state index in [0.717, 1.165) is 24.3 Å². The second-order valence-electron chi connectivity index (χ2n) is 7.28. The third-order valence-electron chi connectivity index (χ3n) is 5.03. The van der Waals surface area contributed by atoms with Crippen LogP contribution in [-0.4, -0.2) is 37.0 Å². The molecule has 1 unspecified atom stereocenters. The first-order chi connectivity index (χ1) is 13.0. The van der Waals surface area contributed by atoms with Crippen molar-refractivity contribution in [2.45, 2.75) is 38.8 Å². The molecule has 2 aromatic carbocycles. The van der Waals surface area contributed by atoms with Gasteiger partial charge in [-0.3, -0.25) is 4.79 Å². The highest BCUT2D eigenvalue weighted by atomic mass is 19.1. The quantitative estimate of drug-likeness (QED) is 0.826. The highest BCUT2D eigenvalue weighted by molar-refractivity contribution is 5.84. The molecule has 0 aliphatic carbocycles. The number of halogens is 1. The molecule has 0 spiro atoms. The van der Waals surface area contributed by atoms with E-state index < -0.39 is 0 Å². The highest BCUT2D eigenvalue weighted by Crippen LogP contribution is 2.22. The normalized spacial score (nSPS) is 15.3. The lowest BCUT2D eigenvalue weighted by atomic mass is 10.1. The molecule has 27 heavy (non-hydrogen) atoms. The van der Waals surface area contributed by atoms with E-state index in [0.29, 0.717) is 6.54 Å². The van der Waals surface area contributed by atoms with Crippen molar-refractivity contribution in [3.05, 3.63) is 59.9 Å². The monoisotopic (exact) mass is 369 g/mol. The van der Waals surface area contributed by atoms with Gasteiger partial charge in [-0.2, -0.15) is 0 Å². The van der Waals surface area contributed by atoms with Gasteiger partial charge in [0.05, 0.1) is 0 Å². The fourth-order valence-electron chi connectivity index (χ4n) is 3.55. The first kappa shape index (κ1) is 19.2. The largest absolute Gasteiger partial charge is 0.374 e. The summed E-state index contributed by atoms with van der Waals surface area (Å²) in [4.78, 5) is 16.6. The molecule has 1 atom stereocenters. The Morgan fingerprint density at radius 3 is 2.52 bits per heavy atom. The minimum absolute atomic E-state index is 0.0284. The summed E-state index contributed by atoms with van der Waals surface area (Å²) in [6.07, 6.45) is 3.82. The van der Waals surface area contributed by atoms with Crippen LogP contribution in [0.25, 0.3) is 0 Å². The van der Waals surface area contributed by atoms with E-state index >= 15 is 0 Å². The maximum Gasteiger partial charge on any atom is 0.244 e. The molecule has 1 saturated heterocycles. The van der Waals surface area contributed by atoms with Gasteiger partial charge in [-0.05, 0) is 68.1 Å². The molecule has 1 fully saturated rings. The van der Waals surface area contributed by atoms with E-state index in [1.54, 1.807) is 18.0 Å². The third-order valence-corrected chi connectivity index (χ3v) is 5.03. The first-order valence-corrected chi connectivity index (χ1v) is 9.64. The number of anilines is 2. The summed E-state index contributed by atoms with van der Waals surface area (Å²) in [5, 5.41) is 3.27. The Labute approximate surface area is 161 Å². The van der Waals surface area contributed by atoms with Crippen molar-refractivity contribution in [3.63, 3.8) is 0 Å². The van der Waals surface area contributed by atoms with Gasteiger partial charge in [-0.1, -0.05) is 12.1 Å². The van der Waals surface area contributed by atoms with Crippen LogP contribution >= 0.6 is 0 Å². The molecule has 3 rings (SSSR count). The summed E-state index contributed by atoms with van der Waals surface area (Å²) in [6, 6.07) is 14.3. The molecule has 0 radical (unpaired) electrons. The molecule has 5 heteroatoms. The number of carbonyl (C=O) groups is 1. The van der Waals surface area contributed by atoms with Crippen LogP contribution in [0.1, 0.15) is 31.7 Å². The van der Waals surface area contributed by atoms with Crippen molar-refractivity contribution in [2.24, 2.45) is 0 Å². The molecule has 1 amide bonds. The van der Waals surface area contributed by atoms with Crippen LogP contribution in [0, 0.1) is 5.82 Å². The fourth-order valence-corrected chi connectivity index (χ4v) is 3.55. The molecule has 1 heterocycles. The number of rotatable bonds is 6. The number of likely N-dealkylation sites (N-methyl/N-ethyl adjacent to an activating group) is 1. The lowest BCUT2D eigenvalue weighted by Gasteiger charge is -2.29. The van der Waals surface area contributed by atoms with E-state index in [-0.39, 0.29) is 17.8 Å². The van der Waals surface area contributed by atoms with E-state index in [1.165, 1.54) is 37.1 Å². The fraction of sp³-hybridized carbons (Fsp3) is 0.409. The molecular weight excluding hydrogens is 341 g/mol. The Kier molecular flexibility index (Phi) is 6.32. The lowest BCUT2D eigenvalue weighted by Crippen LogP contribution is -2.38. The van der Waals surface area contributed by atoms with Crippen molar-refractivity contribution in [1.82, 2.24) is 4.90 Å². The van der Waals surface area contributed by atoms with Crippen molar-refractivity contribution < 1.29 is 9.18 Å². The SMILES string of the molecule is CC(Nc1ccc(N2CCCCC2)cc1)C(=O)N(C)Cc1cccc(F)c1. The Morgan fingerprint density at radius 1 is 1.15 bits per heavy atom. The van der Waals surface area contributed by atoms with Gasteiger partial charge in [0.15, 0.2) is 0 Å². The van der Waals surface area contributed by atoms with Crippen LogP contribution < -0.4 is 10.2 Å². The zero-order chi connectivity index (χ0) is 19.2. The van der Waals surface area contributed by atoms with Crippen LogP contribution in [0.5, 0.6) is 0 Å². The van der Waals surface area contributed by atoms with E-state index in [1.807, 2.05) is 25.1 Å². The standard InChI is InChI=1S/C22H28FN3O/c1-17(22(27)25(2)16-18-7-6-8-19(23)15-18)24-20-9-11-21(12-10-20)26-13-4-3-5-14-26/h6-12,15,17,24H,3-5,13-14,16H2,1-2H3. The minimum Gasteiger partial charge on any atom is -0.374 e. The second kappa shape index (κ2) is 8.89. The number of nitrogens with one attached hydrogen (secondary N) is 1. The smallest absolute Gasteiger partial charge is 0.244 e. The van der Waals surface area contributed by atoms with Crippen molar-refractivity contribution in [2.75, 3.05) is 30.4 Å². The summed E-state index contributed by atoms with van der Waals surface area (Å²) in [5.41, 5.74) is 2.95. The van der Waals surface area contributed by atoms with Gasteiger partial charge in [0.25, 0.3) is 0 Å². The summed E-state index contributed by atoms with van der Waals surface area (Å²) in [6.45, 7) is 4.47. The van der Waals surface area contributed by atoms with E-state index in [9.17, 15) is 9.18 Å². The predicted octanol–water partition coefficient (Wildman–Crippen LogP) is 4.28. The minimum atomic E-state index is -0.357. The molecular formula is C22H28FN3O. The van der Waals surface area contributed by atoms with Crippen LogP contribution in [0.3, 0.4) is 0 Å². The Morgan fingerprint density at radius 2 is 1.85 bits per heavy atom. The van der Waals surface area contributed by atoms with Gasteiger partial charge >= 0.3 is 0 Å². The summed E-state index contributed by atoms with van der Waals surface area (Å²) in [7, 11) is 1.74. The maximum atomic E-state index is 13.3. The average molecular weight is 369 g/mol. The average Bonchev–Trinajstić information content (AvgIpc) is 2.68. The molecule has 1 N–H and O–H groups in total. The number of benzene rings is 2. The number of amides is 1. The number of carbonyl (C=O) groups excluding carboxylic acids is 1. The summed E-state index contributed by atoms with van der Waals surface area (Å²) in [5.74, 6) is -0.312. The van der Waals surface area contributed by atoms with Crippen molar-refractivity contribution >= 4 is 17.3 Å². The van der Waals surface area contributed by atoms with Crippen LogP contribution in [0.2, 0.25) is 0 Å². The lowest BCUT2D eigenvalue weighted by molar-refractivity contribution is -0.130. The Balaban J connectivity index is 1.55. The number of piperidine rings is 1. The third kappa shape index (κ3) is 5.22. The van der Waals surface area contributed by atoms with Crippen LogP contribution in [-0.2, 0) is 11.3 Å². The van der Waals surface area contributed by atoms with Gasteiger partial charge in [0, 0.05) is 38.1 Å². The van der Waals surface area contributed by atoms with Crippen LogP contribution in [0.15, 0.2) is 48.5 Å². The maximum absolute atomic E-state index is 13.3. The van der Waals surface area contributed by atoms with Gasteiger partial charge < -0.3 is 15.1 Å². The van der Waals surface area contributed by atoms with Gasteiger partial charge in [0.2, 0.25) is 5.91 Å². The highest BCUT2D eigenvalue weighted by Gasteiger charge is 2.18. The molecule has 144 valence electrons. The predicted molar refractivity (Wildman–Crippen MR) is 108 cm³/mol. The molecule has 1 aliphatic rings. The van der Waals surface area contributed by atoms with Crippen LogP contribution in [0.4, 0.5) is 15.8 Å². The summed E-state index contributed by atoms with van der Waals surface area (Å²) >= 11 is 0. The van der Waals surface area contributed by atoms with Gasteiger partial charge in [-0.25, -0.2) is 4.39 Å². The molecule has 4 nitrogen and oxygen atoms in total. The first-order valence-electron chi connectivity index (χ1n) is 9.64. The van der Waals surface area contributed by atoms with Crippen molar-refractivity contribution in [3.8, 4) is 0 Å². The molecule has 0 bridgehead atoms. The topological polar surface area (TPSA) is 35.6 Å². The Bertz CT molecular complexity index is 756. The molecule has 0 saturated carbocycles. The second-order valence-corrected chi connectivity index (χ2v) is 7.28. The van der Waals surface area contributed by atoms with Gasteiger partial charge in [0.1, 0.15) is 11.9 Å². The van der Waals surface area contributed by atoms with E-state index in [4.69, 9.17) is 0 Å². The molecule has 1 aliphatic heterocycles. The number of hydrogen-bond acceptors (Lipinski definition) is 3. The molecule has 0 aromatic heterocycles. The summed E-state index contributed by atoms with van der Waals surface area (Å²) < 4.78 is 13.3. The zero-order valence-corrected chi connectivity index (χ0v) is 16.1. The Hall–Kier alpha value is -2.56. The molecule has 2 aromatic rings. The van der Waals surface area contributed by atoms with Gasteiger partial charge in [-0.15, -0.1) is 0 Å². The van der Waals surface area contributed by atoms with E-state index in [2.05, 4.69) is 22.3 Å². The number of nitrogens with zero attached hydrogens (tertiary/aromatic N) is 2. The van der Waals surface area contributed by atoms with Crippen molar-refractivity contribution in [1.29, 1.82) is 0 Å².